The molecule has 44 heavy (non-hydrogen) atoms. The fraction of sp³-hybridized carbons (Fsp3) is 0.115. The Morgan fingerprint density at radius 1 is 0.727 bits per heavy atom. The number of alkyl halides is 9. The average molecular weight is 650 g/mol. The fourth-order valence-corrected chi connectivity index (χ4v) is 4.77. The van der Waals surface area contributed by atoms with Gasteiger partial charge in [0.1, 0.15) is 10.6 Å². The van der Waals surface area contributed by atoms with Crippen LogP contribution in [0.4, 0.5) is 62.3 Å². The smallest absolute Gasteiger partial charge is 0.398 e. The number of nitrogens with zero attached hydrogens (tertiary/aromatic N) is 2. The van der Waals surface area contributed by atoms with Crippen LogP contribution < -0.4 is 11.1 Å². The van der Waals surface area contributed by atoms with Crippen molar-refractivity contribution >= 4 is 49.5 Å². The van der Waals surface area contributed by atoms with Gasteiger partial charge in [-0.05, 0) is 41.5 Å². The lowest BCUT2D eigenvalue weighted by Gasteiger charge is -2.16. The molecule has 0 aromatic heterocycles. The number of carbonyl (C=O) groups is 1. The predicted octanol–water partition coefficient (Wildman–Crippen LogP) is 8.29. The van der Waals surface area contributed by atoms with Crippen molar-refractivity contribution in [1.29, 1.82) is 0 Å². The van der Waals surface area contributed by atoms with Crippen LogP contribution in [0.5, 0.6) is 0 Å². The Morgan fingerprint density at radius 3 is 1.80 bits per heavy atom. The van der Waals surface area contributed by atoms with E-state index in [1.165, 1.54) is 17.4 Å². The molecule has 8 nitrogen and oxygen atoms in total. The molecule has 0 fully saturated rings. The molecule has 0 radical (unpaired) electrons. The number of azo groups is 1. The summed E-state index contributed by atoms with van der Waals surface area (Å²) in [5, 5.41) is 7.60. The van der Waals surface area contributed by atoms with Crippen molar-refractivity contribution in [2.24, 2.45) is 10.2 Å². The minimum atomic E-state index is -5.45. The first kappa shape index (κ1) is 32.2. The molecule has 4 aromatic rings. The highest BCUT2D eigenvalue weighted by molar-refractivity contribution is 7.86. The highest BCUT2D eigenvalue weighted by Gasteiger charge is 2.40. The van der Waals surface area contributed by atoms with Gasteiger partial charge >= 0.3 is 24.4 Å². The molecule has 0 saturated carbocycles. The largest absolute Gasteiger partial charge is 0.471 e. The van der Waals surface area contributed by atoms with Crippen molar-refractivity contribution < 1.29 is 57.3 Å². The van der Waals surface area contributed by atoms with Gasteiger partial charge in [-0.25, -0.2) is 0 Å². The summed E-state index contributed by atoms with van der Waals surface area (Å²) in [5.41, 5.74) is -1.49. The van der Waals surface area contributed by atoms with Gasteiger partial charge in [0.05, 0.1) is 22.5 Å². The Bertz CT molecular complexity index is 1920. The number of halogens is 9. The minimum absolute atomic E-state index is 0.301. The quantitative estimate of drug-likeness (QED) is 0.0865. The Labute approximate surface area is 240 Å². The number of nitrogens with two attached hydrogens (primary N) is 1. The van der Waals surface area contributed by atoms with Gasteiger partial charge in [0.15, 0.2) is 0 Å². The van der Waals surface area contributed by atoms with E-state index in [-0.39, 0.29) is 16.5 Å². The predicted molar refractivity (Wildman–Crippen MR) is 139 cm³/mol. The second-order valence-electron chi connectivity index (χ2n) is 8.97. The van der Waals surface area contributed by atoms with E-state index in [0.717, 1.165) is 30.3 Å². The van der Waals surface area contributed by atoms with Gasteiger partial charge in [-0.15, -0.1) is 10.2 Å². The lowest BCUT2D eigenvalue weighted by molar-refractivity contribution is -0.167. The maximum absolute atomic E-state index is 14.0. The first-order chi connectivity index (χ1) is 20.2. The van der Waals surface area contributed by atoms with E-state index < -0.39 is 78.7 Å². The summed E-state index contributed by atoms with van der Waals surface area (Å²) in [4.78, 5) is 10.8. The normalized spacial score (nSPS) is 13.0. The summed E-state index contributed by atoms with van der Waals surface area (Å²) < 4.78 is 155. The third-order valence-corrected chi connectivity index (χ3v) is 6.91. The van der Waals surface area contributed by atoms with Crippen molar-refractivity contribution in [2.45, 2.75) is 23.4 Å². The van der Waals surface area contributed by atoms with Crippen molar-refractivity contribution in [3.63, 3.8) is 0 Å². The van der Waals surface area contributed by atoms with Crippen molar-refractivity contribution in [3.8, 4) is 11.1 Å². The molecule has 0 aliphatic carbocycles. The number of nitrogen functional groups attached to an aromatic ring is 1. The topological polar surface area (TPSA) is 134 Å². The van der Waals surface area contributed by atoms with Crippen molar-refractivity contribution in [3.05, 3.63) is 77.9 Å². The number of carbonyl (C=O) groups excluding carboxylic acids is 1. The maximum Gasteiger partial charge on any atom is 0.471 e. The summed E-state index contributed by atoms with van der Waals surface area (Å²) in [7, 11) is -5.10. The SMILES string of the molecule is Nc1ccc(-c2ccc(N=Nc3cc(S(=O)(=O)O)c4ccccc4c3NC(=O)C(F)(F)F)c(C(F)(F)F)c2)cc1C(F)(F)F. The molecular weight excluding hydrogens is 635 g/mol. The zero-order chi connectivity index (χ0) is 32.8. The third kappa shape index (κ3) is 6.75. The van der Waals surface area contributed by atoms with E-state index >= 15 is 0 Å². The van der Waals surface area contributed by atoms with Gasteiger partial charge in [0.2, 0.25) is 0 Å². The molecule has 4 N–H and O–H groups in total. The molecule has 0 aliphatic rings. The number of anilines is 2. The molecule has 0 unspecified atom stereocenters. The van der Waals surface area contributed by atoms with Crippen molar-refractivity contribution in [2.75, 3.05) is 11.1 Å². The molecule has 232 valence electrons. The van der Waals surface area contributed by atoms with Crippen LogP contribution in [0.1, 0.15) is 11.1 Å². The van der Waals surface area contributed by atoms with Crippen LogP contribution in [-0.4, -0.2) is 25.1 Å². The van der Waals surface area contributed by atoms with Crippen LogP contribution in [0.15, 0.2) is 81.9 Å². The molecular formula is C26H15F9N4O4S. The summed E-state index contributed by atoms with van der Waals surface area (Å²) in [6, 6.07) is 9.61. The average Bonchev–Trinajstić information content (AvgIpc) is 2.90. The van der Waals surface area contributed by atoms with Crippen LogP contribution in [0.3, 0.4) is 0 Å². The van der Waals surface area contributed by atoms with E-state index in [2.05, 4.69) is 10.2 Å². The van der Waals surface area contributed by atoms with Gasteiger partial charge in [0, 0.05) is 16.5 Å². The first-order valence-corrected chi connectivity index (χ1v) is 13.1. The Balaban J connectivity index is 1.91. The Morgan fingerprint density at radius 2 is 1.25 bits per heavy atom. The molecule has 0 bridgehead atoms. The molecule has 0 spiro atoms. The van der Waals surface area contributed by atoms with Gasteiger partial charge < -0.3 is 11.1 Å². The number of fused-ring (bicyclic) bond motifs is 1. The van der Waals surface area contributed by atoms with Crippen LogP contribution in [-0.2, 0) is 27.3 Å². The number of hydrogen-bond acceptors (Lipinski definition) is 6. The van der Waals surface area contributed by atoms with E-state index in [0.29, 0.717) is 24.3 Å². The maximum atomic E-state index is 14.0. The number of hydrogen-bond donors (Lipinski definition) is 3. The number of amides is 1. The molecule has 1 amide bonds. The van der Waals surface area contributed by atoms with Crippen LogP contribution in [0, 0.1) is 0 Å². The van der Waals surface area contributed by atoms with Crippen molar-refractivity contribution in [1.82, 2.24) is 0 Å². The molecule has 4 rings (SSSR count). The number of benzene rings is 4. The summed E-state index contributed by atoms with van der Waals surface area (Å²) in [6.45, 7) is 0. The van der Waals surface area contributed by atoms with Crippen LogP contribution >= 0.6 is 0 Å². The minimum Gasteiger partial charge on any atom is -0.398 e. The standard InChI is InChI=1S/C26H15F9N4O4S/c27-24(28,29)16-9-12(5-7-18(16)36)13-6-8-19(17(10-13)25(30,31)32)38-39-20-11-21(44(41,42)43)14-3-1-2-4-15(14)22(20)37-23(40)26(33,34)35/h1-11H,36H2,(H,37,40)(H,41,42,43). The molecule has 0 atom stereocenters. The van der Waals surface area contributed by atoms with E-state index in [1.807, 2.05) is 0 Å². The second-order valence-corrected chi connectivity index (χ2v) is 10.4. The number of rotatable bonds is 5. The molecule has 0 saturated heterocycles. The first-order valence-electron chi connectivity index (χ1n) is 11.7. The lowest BCUT2D eigenvalue weighted by atomic mass is 9.99. The number of nitrogens with one attached hydrogen (secondary N) is 1. The highest BCUT2D eigenvalue weighted by atomic mass is 32.2. The van der Waals surface area contributed by atoms with Gasteiger partial charge in [-0.1, -0.05) is 36.4 Å². The van der Waals surface area contributed by atoms with Gasteiger partial charge in [-0.3, -0.25) is 9.35 Å². The summed E-state index contributed by atoms with van der Waals surface area (Å²) >= 11 is 0. The molecule has 0 heterocycles. The highest BCUT2D eigenvalue weighted by Crippen LogP contribution is 2.43. The van der Waals surface area contributed by atoms with Crippen LogP contribution in [0.25, 0.3) is 21.9 Å². The van der Waals surface area contributed by atoms with E-state index in [4.69, 9.17) is 5.73 Å². The molecule has 0 aliphatic heterocycles. The van der Waals surface area contributed by atoms with Gasteiger partial charge in [0.25, 0.3) is 10.1 Å². The Hall–Kier alpha value is -4.71. The fourth-order valence-electron chi connectivity index (χ4n) is 4.06. The summed E-state index contributed by atoms with van der Waals surface area (Å²) in [5.74, 6) is -2.54. The Kier molecular flexibility index (Phi) is 8.12. The molecule has 18 heteroatoms. The molecule has 4 aromatic carbocycles. The van der Waals surface area contributed by atoms with Gasteiger partial charge in [-0.2, -0.15) is 47.9 Å². The monoisotopic (exact) mass is 650 g/mol. The van der Waals surface area contributed by atoms with E-state index in [9.17, 15) is 57.3 Å². The van der Waals surface area contributed by atoms with Crippen LogP contribution in [0.2, 0.25) is 0 Å². The zero-order valence-electron chi connectivity index (χ0n) is 21.3. The lowest BCUT2D eigenvalue weighted by Crippen LogP contribution is -2.30. The van der Waals surface area contributed by atoms with E-state index in [1.54, 1.807) is 0 Å². The zero-order valence-corrected chi connectivity index (χ0v) is 22.1. The summed E-state index contributed by atoms with van der Waals surface area (Å²) in [6.07, 6.45) is -15.6. The second kappa shape index (κ2) is 11.1. The third-order valence-electron chi connectivity index (χ3n) is 6.02.